The molecule has 0 aliphatic carbocycles. The molecule has 0 N–H and O–H groups in total. The Morgan fingerprint density at radius 1 is 1.29 bits per heavy atom. The van der Waals surface area contributed by atoms with Crippen LogP contribution in [0.2, 0.25) is 0 Å². The van der Waals surface area contributed by atoms with Crippen LogP contribution in [0.15, 0.2) is 18.2 Å². The van der Waals surface area contributed by atoms with Gasteiger partial charge >= 0.3 is 0 Å². The summed E-state index contributed by atoms with van der Waals surface area (Å²) in [6.07, 6.45) is 2.24. The first-order valence-corrected chi connectivity index (χ1v) is 6.32. The minimum atomic E-state index is -0.368. The van der Waals surface area contributed by atoms with Gasteiger partial charge in [-0.3, -0.25) is 0 Å². The third-order valence-corrected chi connectivity index (χ3v) is 2.66. The van der Waals surface area contributed by atoms with Crippen molar-refractivity contribution in [3.63, 3.8) is 0 Å². The molecule has 1 nitrogen and oxygen atoms in total. The molecule has 0 saturated heterocycles. The lowest BCUT2D eigenvalue weighted by atomic mass is 9.96. The Hall–Kier alpha value is -1.05. The number of hydrogen-bond acceptors (Lipinski definition) is 1. The second-order valence-corrected chi connectivity index (χ2v) is 5.59. The number of halogens is 1. The van der Waals surface area contributed by atoms with E-state index >= 15 is 0 Å². The van der Waals surface area contributed by atoms with Crippen LogP contribution < -0.4 is 4.74 Å². The van der Waals surface area contributed by atoms with Crippen molar-refractivity contribution in [3.05, 3.63) is 29.6 Å². The molecule has 0 amide bonds. The Balaban J connectivity index is 2.94. The van der Waals surface area contributed by atoms with E-state index in [4.69, 9.17) is 4.74 Å². The molecule has 17 heavy (non-hydrogen) atoms. The second kappa shape index (κ2) is 5.52. The van der Waals surface area contributed by atoms with E-state index in [1.807, 2.05) is 32.9 Å². The molecule has 1 rings (SSSR count). The van der Waals surface area contributed by atoms with Crippen molar-refractivity contribution < 1.29 is 9.13 Å². The smallest absolute Gasteiger partial charge is 0.165 e. The number of hydrogen-bond donors (Lipinski definition) is 0. The van der Waals surface area contributed by atoms with Gasteiger partial charge in [-0.2, -0.15) is 0 Å². The first kappa shape index (κ1) is 14.0. The fourth-order valence-electron chi connectivity index (χ4n) is 1.83. The van der Waals surface area contributed by atoms with Crippen molar-refractivity contribution >= 4 is 0 Å². The maximum absolute atomic E-state index is 13.6. The van der Waals surface area contributed by atoms with Crippen LogP contribution in [0, 0.1) is 5.82 Å². The van der Waals surface area contributed by atoms with Gasteiger partial charge in [0.1, 0.15) is 5.60 Å². The van der Waals surface area contributed by atoms with Crippen molar-refractivity contribution in [1.29, 1.82) is 0 Å². The van der Waals surface area contributed by atoms with E-state index in [1.54, 1.807) is 0 Å². The summed E-state index contributed by atoms with van der Waals surface area (Å²) in [5.41, 5.74) is 0.778. The lowest BCUT2D eigenvalue weighted by Gasteiger charge is -2.22. The van der Waals surface area contributed by atoms with E-state index in [2.05, 4.69) is 13.8 Å². The first-order valence-electron chi connectivity index (χ1n) is 6.32. The Bertz CT molecular complexity index is 366. The maximum Gasteiger partial charge on any atom is 0.165 e. The van der Waals surface area contributed by atoms with Gasteiger partial charge in [0.15, 0.2) is 11.6 Å². The van der Waals surface area contributed by atoms with Crippen LogP contribution >= 0.6 is 0 Å². The van der Waals surface area contributed by atoms with Gasteiger partial charge in [0.05, 0.1) is 0 Å². The summed E-state index contributed by atoms with van der Waals surface area (Å²) in [6, 6.07) is 5.19. The van der Waals surface area contributed by atoms with Crippen molar-refractivity contribution in [2.24, 2.45) is 0 Å². The maximum atomic E-state index is 13.6. The molecule has 0 saturated carbocycles. The monoisotopic (exact) mass is 238 g/mol. The minimum absolute atomic E-state index is 0.285. The molecule has 0 aromatic heterocycles. The Morgan fingerprint density at radius 3 is 2.47 bits per heavy atom. The highest BCUT2D eigenvalue weighted by Crippen LogP contribution is 2.28. The minimum Gasteiger partial charge on any atom is -0.485 e. The number of ether oxygens (including phenoxy) is 1. The van der Waals surface area contributed by atoms with Crippen molar-refractivity contribution in [1.82, 2.24) is 0 Å². The van der Waals surface area contributed by atoms with Crippen molar-refractivity contribution in [2.45, 2.75) is 59.0 Å². The molecule has 0 heterocycles. The predicted molar refractivity (Wildman–Crippen MR) is 70.1 cm³/mol. The van der Waals surface area contributed by atoms with Crippen LogP contribution in [0.25, 0.3) is 0 Å². The third-order valence-electron chi connectivity index (χ3n) is 2.66. The number of benzene rings is 1. The molecule has 2 heteroatoms. The van der Waals surface area contributed by atoms with Crippen molar-refractivity contribution in [2.75, 3.05) is 0 Å². The highest BCUT2D eigenvalue weighted by Gasteiger charge is 2.16. The molecule has 1 atom stereocenters. The van der Waals surface area contributed by atoms with Crippen LogP contribution in [0.3, 0.4) is 0 Å². The fraction of sp³-hybridized carbons (Fsp3) is 0.600. The van der Waals surface area contributed by atoms with E-state index in [-0.39, 0.29) is 11.4 Å². The zero-order valence-electron chi connectivity index (χ0n) is 11.5. The van der Waals surface area contributed by atoms with Gasteiger partial charge < -0.3 is 4.74 Å². The van der Waals surface area contributed by atoms with Gasteiger partial charge in [-0.05, 0) is 50.8 Å². The van der Waals surface area contributed by atoms with Gasteiger partial charge in [-0.15, -0.1) is 0 Å². The third kappa shape index (κ3) is 4.37. The van der Waals surface area contributed by atoms with Crippen LogP contribution in [-0.2, 0) is 0 Å². The standard InChI is InChI=1S/C15H23FO/c1-6-7-11(2)12-8-9-13(16)14(10-12)17-15(3,4)5/h8-11H,6-7H2,1-5H3. The Kier molecular flexibility index (Phi) is 4.55. The van der Waals surface area contributed by atoms with Crippen LogP contribution in [-0.4, -0.2) is 5.60 Å². The average Bonchev–Trinajstić information content (AvgIpc) is 2.19. The van der Waals surface area contributed by atoms with Crippen LogP contribution in [0.5, 0.6) is 5.75 Å². The summed E-state index contributed by atoms with van der Waals surface area (Å²) >= 11 is 0. The zero-order valence-corrected chi connectivity index (χ0v) is 11.5. The predicted octanol–water partition coefficient (Wildman–Crippen LogP) is 4.91. The normalized spacial score (nSPS) is 13.5. The van der Waals surface area contributed by atoms with Gasteiger partial charge in [0.2, 0.25) is 0 Å². The molecule has 0 spiro atoms. The Labute approximate surface area is 104 Å². The van der Waals surface area contributed by atoms with Crippen molar-refractivity contribution in [3.8, 4) is 5.75 Å². The molecule has 0 radical (unpaired) electrons. The highest BCUT2D eigenvalue weighted by molar-refractivity contribution is 5.32. The summed E-state index contributed by atoms with van der Waals surface area (Å²) in [5.74, 6) is 0.522. The summed E-state index contributed by atoms with van der Waals surface area (Å²) in [7, 11) is 0. The van der Waals surface area contributed by atoms with E-state index in [0.29, 0.717) is 11.7 Å². The average molecular weight is 238 g/mol. The summed E-state index contributed by atoms with van der Waals surface area (Å²) in [5, 5.41) is 0. The van der Waals surface area contributed by atoms with Crippen LogP contribution in [0.4, 0.5) is 4.39 Å². The Morgan fingerprint density at radius 2 is 1.94 bits per heavy atom. The summed E-state index contributed by atoms with van der Waals surface area (Å²) < 4.78 is 19.3. The topological polar surface area (TPSA) is 9.23 Å². The van der Waals surface area contributed by atoms with E-state index in [0.717, 1.165) is 18.4 Å². The fourth-order valence-corrected chi connectivity index (χ4v) is 1.83. The van der Waals surface area contributed by atoms with E-state index in [1.165, 1.54) is 6.07 Å². The van der Waals surface area contributed by atoms with E-state index < -0.39 is 0 Å². The highest BCUT2D eigenvalue weighted by atomic mass is 19.1. The van der Waals surface area contributed by atoms with E-state index in [9.17, 15) is 4.39 Å². The molecule has 0 fully saturated rings. The molecule has 1 aromatic carbocycles. The SMILES string of the molecule is CCCC(C)c1ccc(F)c(OC(C)(C)C)c1. The molecule has 96 valence electrons. The molecule has 0 bridgehead atoms. The summed E-state index contributed by atoms with van der Waals surface area (Å²) in [6.45, 7) is 10.1. The molecule has 0 aliphatic rings. The second-order valence-electron chi connectivity index (χ2n) is 5.59. The molecular weight excluding hydrogens is 215 g/mol. The molecule has 0 aliphatic heterocycles. The quantitative estimate of drug-likeness (QED) is 0.724. The first-order chi connectivity index (χ1) is 7.83. The van der Waals surface area contributed by atoms with Gasteiger partial charge in [0, 0.05) is 0 Å². The lowest BCUT2D eigenvalue weighted by molar-refractivity contribution is 0.124. The molecule has 1 aromatic rings. The summed E-state index contributed by atoms with van der Waals surface area (Å²) in [4.78, 5) is 0. The van der Waals surface area contributed by atoms with Gasteiger partial charge in [-0.1, -0.05) is 26.3 Å². The van der Waals surface area contributed by atoms with Crippen LogP contribution in [0.1, 0.15) is 58.9 Å². The van der Waals surface area contributed by atoms with Gasteiger partial charge in [-0.25, -0.2) is 4.39 Å². The number of rotatable bonds is 4. The van der Waals surface area contributed by atoms with Gasteiger partial charge in [0.25, 0.3) is 0 Å². The zero-order chi connectivity index (χ0) is 13.1. The molecular formula is C15H23FO. The molecule has 1 unspecified atom stereocenters. The lowest BCUT2D eigenvalue weighted by Crippen LogP contribution is -2.23. The largest absolute Gasteiger partial charge is 0.485 e.